The summed E-state index contributed by atoms with van der Waals surface area (Å²) in [4.78, 5) is 0. The molecular formula is C12H16O. The average Bonchev–Trinajstić information content (AvgIpc) is 2.19. The number of rotatable bonds is 5. The second-order valence-electron chi connectivity index (χ2n) is 3.00. The quantitative estimate of drug-likeness (QED) is 0.626. The van der Waals surface area contributed by atoms with Gasteiger partial charge in [0, 0.05) is 6.61 Å². The van der Waals surface area contributed by atoms with E-state index in [1.54, 1.807) is 0 Å². The van der Waals surface area contributed by atoms with Crippen molar-refractivity contribution in [3.05, 3.63) is 42.0 Å². The lowest BCUT2D eigenvalue weighted by Gasteiger charge is -2.03. The standard InChI is InChI=1S/C12H16O/c1-3-8-13-10-12-7-5-6-11(4-2)9-12/h4-7,9H,2-3,8,10H2,1H3. The van der Waals surface area contributed by atoms with Crippen LogP contribution in [0.2, 0.25) is 0 Å². The van der Waals surface area contributed by atoms with E-state index >= 15 is 0 Å². The van der Waals surface area contributed by atoms with Gasteiger partial charge in [-0.25, -0.2) is 0 Å². The van der Waals surface area contributed by atoms with Gasteiger partial charge in [0.05, 0.1) is 6.61 Å². The second kappa shape index (κ2) is 5.55. The third-order valence-electron chi connectivity index (χ3n) is 1.80. The number of ether oxygens (including phenoxy) is 1. The summed E-state index contributed by atoms with van der Waals surface area (Å²) < 4.78 is 5.43. The van der Waals surface area contributed by atoms with E-state index in [0.717, 1.165) is 18.6 Å². The summed E-state index contributed by atoms with van der Waals surface area (Å²) in [7, 11) is 0. The summed E-state index contributed by atoms with van der Waals surface area (Å²) in [5.41, 5.74) is 2.36. The lowest BCUT2D eigenvalue weighted by Crippen LogP contribution is -1.93. The Morgan fingerprint density at radius 2 is 2.31 bits per heavy atom. The average molecular weight is 176 g/mol. The summed E-state index contributed by atoms with van der Waals surface area (Å²) in [5.74, 6) is 0. The highest BCUT2D eigenvalue weighted by molar-refractivity contribution is 5.47. The van der Waals surface area contributed by atoms with Crippen LogP contribution in [0.3, 0.4) is 0 Å². The van der Waals surface area contributed by atoms with Crippen LogP contribution in [0.25, 0.3) is 6.08 Å². The molecule has 0 aliphatic heterocycles. The van der Waals surface area contributed by atoms with Gasteiger partial charge in [-0.1, -0.05) is 37.8 Å². The Bertz CT molecular complexity index is 266. The lowest BCUT2D eigenvalue weighted by atomic mass is 10.1. The van der Waals surface area contributed by atoms with Gasteiger partial charge in [0.25, 0.3) is 0 Å². The molecule has 0 saturated carbocycles. The van der Waals surface area contributed by atoms with Gasteiger partial charge in [-0.15, -0.1) is 0 Å². The van der Waals surface area contributed by atoms with E-state index < -0.39 is 0 Å². The first-order valence-electron chi connectivity index (χ1n) is 4.66. The Balaban J connectivity index is 2.51. The molecule has 70 valence electrons. The van der Waals surface area contributed by atoms with E-state index in [1.165, 1.54) is 5.56 Å². The molecule has 0 aromatic heterocycles. The van der Waals surface area contributed by atoms with E-state index in [1.807, 2.05) is 18.2 Å². The van der Waals surface area contributed by atoms with Crippen LogP contribution >= 0.6 is 0 Å². The summed E-state index contributed by atoms with van der Waals surface area (Å²) >= 11 is 0. The van der Waals surface area contributed by atoms with Crippen molar-refractivity contribution in [2.75, 3.05) is 6.61 Å². The molecule has 1 heteroatoms. The first-order chi connectivity index (χ1) is 6.36. The fourth-order valence-corrected chi connectivity index (χ4v) is 1.14. The van der Waals surface area contributed by atoms with Crippen LogP contribution in [0.15, 0.2) is 30.8 Å². The van der Waals surface area contributed by atoms with E-state index in [0.29, 0.717) is 6.61 Å². The summed E-state index contributed by atoms with van der Waals surface area (Å²) in [5, 5.41) is 0. The van der Waals surface area contributed by atoms with Crippen LogP contribution in [-0.2, 0) is 11.3 Å². The summed E-state index contributed by atoms with van der Waals surface area (Å²) in [6.45, 7) is 7.37. The van der Waals surface area contributed by atoms with Gasteiger partial charge < -0.3 is 4.74 Å². The normalized spacial score (nSPS) is 9.92. The minimum absolute atomic E-state index is 0.704. The van der Waals surface area contributed by atoms with Gasteiger partial charge in [-0.05, 0) is 23.6 Å². The Kier molecular flexibility index (Phi) is 4.27. The zero-order valence-electron chi connectivity index (χ0n) is 8.12. The molecule has 0 unspecified atom stereocenters. The van der Waals surface area contributed by atoms with Crippen LogP contribution in [-0.4, -0.2) is 6.61 Å². The monoisotopic (exact) mass is 176 g/mol. The van der Waals surface area contributed by atoms with Gasteiger partial charge in [0.1, 0.15) is 0 Å². The van der Waals surface area contributed by atoms with Crippen LogP contribution in [0.4, 0.5) is 0 Å². The van der Waals surface area contributed by atoms with Crippen LogP contribution < -0.4 is 0 Å². The maximum Gasteiger partial charge on any atom is 0.0717 e. The molecule has 0 fully saturated rings. The first-order valence-corrected chi connectivity index (χ1v) is 4.66. The molecule has 1 aromatic carbocycles. The molecule has 0 N–H and O–H groups in total. The Labute approximate surface area is 80.0 Å². The smallest absolute Gasteiger partial charge is 0.0717 e. The molecule has 1 nitrogen and oxygen atoms in total. The molecule has 13 heavy (non-hydrogen) atoms. The van der Waals surface area contributed by atoms with Gasteiger partial charge in [-0.3, -0.25) is 0 Å². The molecule has 0 atom stereocenters. The predicted octanol–water partition coefficient (Wildman–Crippen LogP) is 3.26. The Morgan fingerprint density at radius 1 is 1.46 bits per heavy atom. The van der Waals surface area contributed by atoms with E-state index in [4.69, 9.17) is 4.74 Å². The minimum atomic E-state index is 0.704. The highest BCUT2D eigenvalue weighted by Crippen LogP contribution is 2.07. The van der Waals surface area contributed by atoms with Gasteiger partial charge in [0.15, 0.2) is 0 Å². The molecule has 0 bridgehead atoms. The fraction of sp³-hybridized carbons (Fsp3) is 0.333. The summed E-state index contributed by atoms with van der Waals surface area (Å²) in [6.07, 6.45) is 2.92. The molecule has 1 aromatic rings. The highest BCUT2D eigenvalue weighted by Gasteiger charge is 1.92. The van der Waals surface area contributed by atoms with Crippen LogP contribution in [0, 0.1) is 0 Å². The molecule has 1 rings (SSSR count). The van der Waals surface area contributed by atoms with Crippen molar-refractivity contribution in [1.29, 1.82) is 0 Å². The van der Waals surface area contributed by atoms with Gasteiger partial charge >= 0.3 is 0 Å². The van der Waals surface area contributed by atoms with Crippen molar-refractivity contribution in [3.63, 3.8) is 0 Å². The molecule has 0 spiro atoms. The number of hydrogen-bond acceptors (Lipinski definition) is 1. The number of benzene rings is 1. The van der Waals surface area contributed by atoms with Crippen molar-refractivity contribution >= 4 is 6.08 Å². The zero-order chi connectivity index (χ0) is 9.52. The van der Waals surface area contributed by atoms with E-state index in [2.05, 4.69) is 25.6 Å². The molecule has 0 amide bonds. The molecular weight excluding hydrogens is 160 g/mol. The van der Waals surface area contributed by atoms with Crippen LogP contribution in [0.1, 0.15) is 24.5 Å². The van der Waals surface area contributed by atoms with E-state index in [-0.39, 0.29) is 0 Å². The molecule has 0 saturated heterocycles. The molecule has 0 aliphatic rings. The van der Waals surface area contributed by atoms with Crippen LogP contribution in [0.5, 0.6) is 0 Å². The Hall–Kier alpha value is -1.08. The molecule has 0 aliphatic carbocycles. The Morgan fingerprint density at radius 3 is 3.00 bits per heavy atom. The van der Waals surface area contributed by atoms with Gasteiger partial charge in [-0.2, -0.15) is 0 Å². The third kappa shape index (κ3) is 3.43. The third-order valence-corrected chi connectivity index (χ3v) is 1.80. The van der Waals surface area contributed by atoms with Crippen molar-refractivity contribution in [1.82, 2.24) is 0 Å². The fourth-order valence-electron chi connectivity index (χ4n) is 1.14. The summed E-state index contributed by atoms with van der Waals surface area (Å²) in [6, 6.07) is 8.24. The first kappa shape index (κ1) is 10.0. The maximum absolute atomic E-state index is 5.43. The molecule has 0 heterocycles. The largest absolute Gasteiger partial charge is 0.377 e. The maximum atomic E-state index is 5.43. The second-order valence-corrected chi connectivity index (χ2v) is 3.00. The van der Waals surface area contributed by atoms with Crippen molar-refractivity contribution in [3.8, 4) is 0 Å². The highest BCUT2D eigenvalue weighted by atomic mass is 16.5. The zero-order valence-corrected chi connectivity index (χ0v) is 8.12. The van der Waals surface area contributed by atoms with Crippen molar-refractivity contribution in [2.24, 2.45) is 0 Å². The minimum Gasteiger partial charge on any atom is -0.377 e. The topological polar surface area (TPSA) is 9.23 Å². The molecule has 0 radical (unpaired) electrons. The SMILES string of the molecule is C=Cc1cccc(COCCC)c1. The van der Waals surface area contributed by atoms with Gasteiger partial charge in [0.2, 0.25) is 0 Å². The van der Waals surface area contributed by atoms with Crippen molar-refractivity contribution < 1.29 is 4.74 Å². The number of hydrogen-bond donors (Lipinski definition) is 0. The van der Waals surface area contributed by atoms with E-state index in [9.17, 15) is 0 Å². The lowest BCUT2D eigenvalue weighted by molar-refractivity contribution is 0.121. The predicted molar refractivity (Wildman–Crippen MR) is 56.5 cm³/mol. The van der Waals surface area contributed by atoms with Crippen molar-refractivity contribution in [2.45, 2.75) is 20.0 Å².